The fraction of sp³-hybridized carbons (Fsp3) is 0.519. The number of pyridine rings is 1. The number of nitriles is 1. The van der Waals surface area contributed by atoms with Gasteiger partial charge in [-0.25, -0.2) is 4.79 Å². The molecule has 1 aromatic heterocycles. The highest BCUT2D eigenvalue weighted by atomic mass is 35.5. The number of ether oxygens (including phenoxy) is 3. The van der Waals surface area contributed by atoms with E-state index in [0.717, 1.165) is 0 Å². The molecule has 1 aliphatic rings. The number of nitrogens with zero attached hydrogens (tertiary/aromatic N) is 2. The van der Waals surface area contributed by atoms with E-state index in [1.165, 1.54) is 56.0 Å². The predicted molar refractivity (Wildman–Crippen MR) is 137 cm³/mol. The summed E-state index contributed by atoms with van der Waals surface area (Å²) in [6.45, 7) is 6.85. The van der Waals surface area contributed by atoms with Crippen molar-refractivity contribution >= 4 is 17.6 Å². The standard InChI is InChI=1S/C20H21ClN2O4.C7H14O/c1-12(19(25)27-20(2,3)4)23-11-17(26-5)16(9-18(23)24)15-8-14(21)7-6-13(15)10-22;1-8-7-5-3-2-4-6-7/h6-9,11-12H,1-5H3;7H,2-6H2,1H3. The van der Waals surface area contributed by atoms with Crippen LogP contribution in [0.25, 0.3) is 11.1 Å². The van der Waals surface area contributed by atoms with Gasteiger partial charge >= 0.3 is 5.97 Å². The quantitative estimate of drug-likeness (QED) is 0.471. The van der Waals surface area contributed by atoms with Gasteiger partial charge in [-0.15, -0.1) is 0 Å². The molecule has 190 valence electrons. The second-order valence-electron chi connectivity index (χ2n) is 9.51. The Kier molecular flexibility index (Phi) is 10.4. The third kappa shape index (κ3) is 8.12. The van der Waals surface area contributed by atoms with Crippen molar-refractivity contribution in [1.82, 2.24) is 4.57 Å². The van der Waals surface area contributed by atoms with E-state index < -0.39 is 23.2 Å². The molecule has 1 saturated carbocycles. The van der Waals surface area contributed by atoms with Gasteiger partial charge in [0.05, 0.1) is 31.0 Å². The van der Waals surface area contributed by atoms with Crippen molar-refractivity contribution in [2.24, 2.45) is 0 Å². The topological polar surface area (TPSA) is 90.5 Å². The Balaban J connectivity index is 0.000000456. The molecule has 0 radical (unpaired) electrons. The molecule has 1 aromatic carbocycles. The van der Waals surface area contributed by atoms with E-state index in [2.05, 4.69) is 6.07 Å². The summed E-state index contributed by atoms with van der Waals surface area (Å²) in [5.74, 6) is -0.191. The average Bonchev–Trinajstić information content (AvgIpc) is 2.83. The SMILES string of the molecule is COC1CCCCC1.COc1cn(C(C)C(=O)OC(C)(C)C)c(=O)cc1-c1cc(Cl)ccc1C#N. The molecule has 0 spiro atoms. The maximum absolute atomic E-state index is 12.7. The molecule has 0 bridgehead atoms. The molecule has 1 aliphatic carbocycles. The largest absolute Gasteiger partial charge is 0.495 e. The van der Waals surface area contributed by atoms with E-state index in [4.69, 9.17) is 25.8 Å². The smallest absolute Gasteiger partial charge is 0.329 e. The normalized spacial score (nSPS) is 14.8. The third-order valence-corrected chi connectivity index (χ3v) is 5.94. The fourth-order valence-corrected chi connectivity index (χ4v) is 4.01. The lowest BCUT2D eigenvalue weighted by atomic mass is 9.98. The number of methoxy groups -OCH3 is 2. The molecule has 8 heteroatoms. The first-order valence-corrected chi connectivity index (χ1v) is 12.1. The van der Waals surface area contributed by atoms with E-state index in [1.54, 1.807) is 45.9 Å². The lowest BCUT2D eigenvalue weighted by Crippen LogP contribution is -2.33. The number of hydrogen-bond donors (Lipinski definition) is 0. The van der Waals surface area contributed by atoms with E-state index >= 15 is 0 Å². The summed E-state index contributed by atoms with van der Waals surface area (Å²) in [6, 6.07) is 7.33. The van der Waals surface area contributed by atoms with Gasteiger partial charge in [0.15, 0.2) is 0 Å². The zero-order chi connectivity index (χ0) is 26.2. The molecular weight excluding hydrogens is 468 g/mol. The Morgan fingerprint density at radius 3 is 2.31 bits per heavy atom. The minimum absolute atomic E-state index is 0.337. The number of benzene rings is 1. The van der Waals surface area contributed by atoms with Crippen LogP contribution in [0.5, 0.6) is 5.75 Å². The highest BCUT2D eigenvalue weighted by Crippen LogP contribution is 2.33. The van der Waals surface area contributed by atoms with Crippen molar-refractivity contribution in [3.63, 3.8) is 0 Å². The molecule has 35 heavy (non-hydrogen) atoms. The molecule has 1 unspecified atom stereocenters. The van der Waals surface area contributed by atoms with Gasteiger partial charge in [0.1, 0.15) is 17.4 Å². The van der Waals surface area contributed by atoms with Crippen LogP contribution >= 0.6 is 11.6 Å². The molecule has 0 N–H and O–H groups in total. The Hall–Kier alpha value is -2.82. The molecule has 1 atom stereocenters. The van der Waals surface area contributed by atoms with Crippen LogP contribution in [0.15, 0.2) is 35.3 Å². The van der Waals surface area contributed by atoms with Gasteiger partial charge in [0.2, 0.25) is 0 Å². The third-order valence-electron chi connectivity index (χ3n) is 5.71. The zero-order valence-corrected chi connectivity index (χ0v) is 22.1. The minimum Gasteiger partial charge on any atom is -0.495 e. The zero-order valence-electron chi connectivity index (χ0n) is 21.4. The van der Waals surface area contributed by atoms with Gasteiger partial charge in [-0.3, -0.25) is 9.36 Å². The number of rotatable bonds is 5. The van der Waals surface area contributed by atoms with E-state index in [9.17, 15) is 14.9 Å². The van der Waals surface area contributed by atoms with Crippen molar-refractivity contribution < 1.29 is 19.0 Å². The van der Waals surface area contributed by atoms with E-state index in [0.29, 0.717) is 33.6 Å². The number of esters is 1. The van der Waals surface area contributed by atoms with Crippen LogP contribution < -0.4 is 10.3 Å². The summed E-state index contributed by atoms with van der Waals surface area (Å²) in [7, 11) is 3.26. The summed E-state index contributed by atoms with van der Waals surface area (Å²) in [5, 5.41) is 9.78. The lowest BCUT2D eigenvalue weighted by Gasteiger charge is -2.23. The van der Waals surface area contributed by atoms with Gasteiger partial charge in [0, 0.05) is 29.3 Å². The van der Waals surface area contributed by atoms with Gasteiger partial charge in [-0.05, 0) is 58.7 Å². The van der Waals surface area contributed by atoms with Crippen LogP contribution in [0, 0.1) is 11.3 Å². The summed E-state index contributed by atoms with van der Waals surface area (Å²) in [5.41, 5.74) is 0.176. The van der Waals surface area contributed by atoms with Crippen LogP contribution in [-0.2, 0) is 14.3 Å². The van der Waals surface area contributed by atoms with E-state index in [-0.39, 0.29) is 0 Å². The highest BCUT2D eigenvalue weighted by molar-refractivity contribution is 6.31. The maximum Gasteiger partial charge on any atom is 0.329 e. The summed E-state index contributed by atoms with van der Waals surface area (Å²) in [4.78, 5) is 25.0. The van der Waals surface area contributed by atoms with Crippen LogP contribution in [-0.4, -0.2) is 36.5 Å². The highest BCUT2D eigenvalue weighted by Gasteiger charge is 2.25. The Morgan fingerprint density at radius 2 is 1.80 bits per heavy atom. The van der Waals surface area contributed by atoms with Crippen molar-refractivity contribution in [3.05, 3.63) is 51.4 Å². The number of aromatic nitrogens is 1. The summed E-state index contributed by atoms with van der Waals surface area (Å²) < 4.78 is 17.2. The average molecular weight is 503 g/mol. The molecular formula is C27H35ClN2O5. The van der Waals surface area contributed by atoms with Crippen molar-refractivity contribution in [2.75, 3.05) is 14.2 Å². The predicted octanol–water partition coefficient (Wildman–Crippen LogP) is 5.92. The molecule has 7 nitrogen and oxygen atoms in total. The molecule has 0 saturated heterocycles. The molecule has 0 amide bonds. The Labute approximate surface area is 212 Å². The van der Waals surface area contributed by atoms with Gasteiger partial charge in [-0.1, -0.05) is 30.9 Å². The van der Waals surface area contributed by atoms with Crippen LogP contribution in [0.3, 0.4) is 0 Å². The van der Waals surface area contributed by atoms with Crippen LogP contribution in [0.4, 0.5) is 0 Å². The van der Waals surface area contributed by atoms with E-state index in [1.807, 2.05) is 7.11 Å². The Bertz CT molecular complexity index is 1110. The van der Waals surface area contributed by atoms with Gasteiger partial charge in [0.25, 0.3) is 5.56 Å². The lowest BCUT2D eigenvalue weighted by molar-refractivity contribution is -0.158. The summed E-state index contributed by atoms with van der Waals surface area (Å²) in [6.07, 6.45) is 8.77. The minimum atomic E-state index is -0.838. The first-order chi connectivity index (χ1) is 16.5. The molecule has 1 fully saturated rings. The maximum atomic E-state index is 12.7. The first-order valence-electron chi connectivity index (χ1n) is 11.8. The molecule has 3 rings (SSSR count). The van der Waals surface area contributed by atoms with Gasteiger partial charge < -0.3 is 14.2 Å². The van der Waals surface area contributed by atoms with Crippen molar-refractivity contribution in [1.29, 1.82) is 5.26 Å². The number of carbonyl (C=O) groups excluding carboxylic acids is 1. The van der Waals surface area contributed by atoms with Crippen molar-refractivity contribution in [2.45, 2.75) is 77.5 Å². The molecule has 2 aromatic rings. The second-order valence-corrected chi connectivity index (χ2v) is 9.94. The Morgan fingerprint density at radius 1 is 1.14 bits per heavy atom. The molecule has 0 aliphatic heterocycles. The van der Waals surface area contributed by atoms with Crippen LogP contribution in [0.1, 0.15) is 71.4 Å². The first kappa shape index (κ1) is 28.4. The van der Waals surface area contributed by atoms with Gasteiger partial charge in [-0.2, -0.15) is 5.26 Å². The monoisotopic (exact) mass is 502 g/mol. The number of carbonyl (C=O) groups is 1. The van der Waals surface area contributed by atoms with Crippen molar-refractivity contribution in [3.8, 4) is 22.9 Å². The fourth-order valence-electron chi connectivity index (χ4n) is 3.84. The van der Waals surface area contributed by atoms with Crippen LogP contribution in [0.2, 0.25) is 5.02 Å². The number of hydrogen-bond acceptors (Lipinski definition) is 6. The number of halogens is 1. The molecule has 1 heterocycles. The second kappa shape index (κ2) is 12.8. The summed E-state index contributed by atoms with van der Waals surface area (Å²) >= 11 is 6.05.